The predicted molar refractivity (Wildman–Crippen MR) is 133 cm³/mol. The van der Waals surface area contributed by atoms with E-state index in [-0.39, 0.29) is 11.1 Å². The van der Waals surface area contributed by atoms with Crippen LogP contribution in [0.4, 0.5) is 0 Å². The number of phenols is 2. The fourth-order valence-electron chi connectivity index (χ4n) is 3.78. The summed E-state index contributed by atoms with van der Waals surface area (Å²) in [6.07, 6.45) is 0. The van der Waals surface area contributed by atoms with E-state index in [1.54, 1.807) is 0 Å². The molecule has 0 amide bonds. The molecule has 0 aromatic heterocycles. The maximum atomic E-state index is 12.1. The number of hydrogen-bond acceptors (Lipinski definition) is 8. The van der Waals surface area contributed by atoms with Crippen molar-refractivity contribution in [2.24, 2.45) is 0 Å². The summed E-state index contributed by atoms with van der Waals surface area (Å²) in [5.41, 5.74) is -5.61. The Morgan fingerprint density at radius 3 is 1.03 bits per heavy atom. The molecular weight excluding hydrogens is 592 g/mol. The van der Waals surface area contributed by atoms with Crippen molar-refractivity contribution in [1.29, 1.82) is 0 Å². The summed E-state index contributed by atoms with van der Waals surface area (Å²) >= 11 is 0. The van der Waals surface area contributed by atoms with Gasteiger partial charge in [0.1, 0.15) is 11.5 Å². The first-order valence-electron chi connectivity index (χ1n) is 10.5. The molecule has 0 saturated carbocycles. The van der Waals surface area contributed by atoms with E-state index in [1.165, 1.54) is 48.5 Å². The summed E-state index contributed by atoms with van der Waals surface area (Å²) < 4.78 is 48.5. The Kier molecular flexibility index (Phi) is 10.7. The molecule has 0 aliphatic carbocycles. The SMILES string of the molecule is O=P(O)(O)C(N(CCN(Cc1ccccc1O)C(P(=O)(O)O)P(=O)(O)O)Cc1ccccc1O)P(=O)(O)O. The Labute approximate surface area is 216 Å². The zero-order valence-corrected chi connectivity index (χ0v) is 23.0. The van der Waals surface area contributed by atoms with E-state index in [0.29, 0.717) is 9.80 Å². The third-order valence-corrected chi connectivity index (χ3v) is 12.6. The molecule has 38 heavy (non-hydrogen) atoms. The van der Waals surface area contributed by atoms with Gasteiger partial charge >= 0.3 is 30.4 Å². The van der Waals surface area contributed by atoms with Gasteiger partial charge in [0.15, 0.2) is 0 Å². The number of para-hydroxylation sites is 2. The van der Waals surface area contributed by atoms with Crippen molar-refractivity contribution in [2.75, 3.05) is 13.1 Å². The van der Waals surface area contributed by atoms with Crippen LogP contribution in [-0.2, 0) is 31.3 Å². The predicted octanol–water partition coefficient (Wildman–Crippen LogP) is 0.680. The summed E-state index contributed by atoms with van der Waals surface area (Å²) in [5, 5.41) is 20.2. The first kappa shape index (κ1) is 32.8. The van der Waals surface area contributed by atoms with Gasteiger partial charge < -0.3 is 49.4 Å². The van der Waals surface area contributed by atoms with Gasteiger partial charge in [0.2, 0.25) is 11.0 Å². The van der Waals surface area contributed by atoms with Crippen LogP contribution in [-0.4, -0.2) is 83.3 Å². The molecule has 0 heterocycles. The van der Waals surface area contributed by atoms with Crippen molar-refractivity contribution < 1.29 is 67.6 Å². The second-order valence-corrected chi connectivity index (χ2v) is 15.7. The third-order valence-electron chi connectivity index (χ3n) is 5.26. The van der Waals surface area contributed by atoms with Gasteiger partial charge in [-0.15, -0.1) is 0 Å². The minimum Gasteiger partial charge on any atom is -0.508 e. The van der Waals surface area contributed by atoms with Crippen molar-refractivity contribution in [3.63, 3.8) is 0 Å². The van der Waals surface area contributed by atoms with E-state index in [2.05, 4.69) is 0 Å². The lowest BCUT2D eigenvalue weighted by atomic mass is 10.2. The Morgan fingerprint density at radius 1 is 0.526 bits per heavy atom. The number of benzene rings is 2. The Bertz CT molecular complexity index is 1160. The second kappa shape index (κ2) is 12.4. The second-order valence-electron chi connectivity index (χ2n) is 8.25. The van der Waals surface area contributed by atoms with Crippen LogP contribution in [0.2, 0.25) is 0 Å². The van der Waals surface area contributed by atoms with Gasteiger partial charge in [0, 0.05) is 37.3 Å². The Hall–Kier alpha value is -1.44. The van der Waals surface area contributed by atoms with E-state index < -0.39 is 79.1 Å². The lowest BCUT2D eigenvalue weighted by Crippen LogP contribution is -2.43. The molecule has 0 spiro atoms. The molecule has 0 saturated heterocycles. The van der Waals surface area contributed by atoms with Crippen LogP contribution < -0.4 is 0 Å². The van der Waals surface area contributed by atoms with Crippen LogP contribution in [0.15, 0.2) is 48.5 Å². The average molecular weight is 620 g/mol. The topological polar surface area (TPSA) is 277 Å². The van der Waals surface area contributed by atoms with Gasteiger partial charge in [-0.05, 0) is 12.1 Å². The summed E-state index contributed by atoms with van der Waals surface area (Å²) in [5.74, 6) is -0.802. The molecular formula is C18H28N2O14P4. The van der Waals surface area contributed by atoms with Crippen LogP contribution in [0.25, 0.3) is 0 Å². The average Bonchev–Trinajstić information content (AvgIpc) is 2.71. The fraction of sp³-hybridized carbons (Fsp3) is 0.333. The number of phenolic OH excluding ortho intramolecular Hbond substituents is 2. The van der Waals surface area contributed by atoms with Gasteiger partial charge in [-0.3, -0.25) is 28.1 Å². The highest BCUT2D eigenvalue weighted by molar-refractivity contribution is 7.71. The zero-order chi connectivity index (χ0) is 29.1. The van der Waals surface area contributed by atoms with Crippen molar-refractivity contribution in [1.82, 2.24) is 9.80 Å². The van der Waals surface area contributed by atoms with Crippen LogP contribution in [0.3, 0.4) is 0 Å². The van der Waals surface area contributed by atoms with Gasteiger partial charge in [-0.1, -0.05) is 36.4 Å². The van der Waals surface area contributed by atoms with E-state index in [0.717, 1.165) is 0 Å². The van der Waals surface area contributed by atoms with Crippen LogP contribution >= 0.6 is 30.4 Å². The van der Waals surface area contributed by atoms with Crippen molar-refractivity contribution in [3.8, 4) is 11.5 Å². The summed E-state index contributed by atoms with van der Waals surface area (Å²) in [6, 6.07) is 10.6. The molecule has 0 atom stereocenters. The summed E-state index contributed by atoms with van der Waals surface area (Å²) in [7, 11) is -22.5. The monoisotopic (exact) mass is 620 g/mol. The number of rotatable bonds is 13. The van der Waals surface area contributed by atoms with Crippen LogP contribution in [0.5, 0.6) is 11.5 Å². The number of aromatic hydroxyl groups is 2. The highest BCUT2D eigenvalue weighted by atomic mass is 31.2. The van der Waals surface area contributed by atoms with Crippen molar-refractivity contribution in [2.45, 2.75) is 24.1 Å². The minimum atomic E-state index is -5.61. The molecule has 10 N–H and O–H groups in total. The molecule has 2 aromatic rings. The molecule has 0 radical (unpaired) electrons. The Morgan fingerprint density at radius 2 is 0.789 bits per heavy atom. The number of nitrogens with zero attached hydrogens (tertiary/aromatic N) is 2. The van der Waals surface area contributed by atoms with Crippen molar-refractivity contribution in [3.05, 3.63) is 59.7 Å². The normalized spacial score (nSPS) is 13.7. The lowest BCUT2D eigenvalue weighted by molar-refractivity contribution is 0.163. The van der Waals surface area contributed by atoms with E-state index in [4.69, 9.17) is 0 Å². The molecule has 0 aliphatic heterocycles. The van der Waals surface area contributed by atoms with E-state index in [9.17, 15) is 67.6 Å². The van der Waals surface area contributed by atoms with Crippen molar-refractivity contribution >= 4 is 30.4 Å². The first-order valence-corrected chi connectivity index (χ1v) is 17.2. The standard InChI is InChI=1S/C18H28N2O14P4/c21-15-7-3-1-5-13(15)11-19(17(35(23,24)25)36(26,27)28)9-10-20(12-14-6-2-4-8-16(14)22)18(37(29,30)31)38(32,33)34/h1-8,17-18,21-22H,9-12H2,(H2,23,24,25)(H2,26,27,28)(H2,29,30,31)(H2,32,33,34). The molecule has 214 valence electrons. The zero-order valence-electron chi connectivity index (χ0n) is 19.4. The third kappa shape index (κ3) is 9.06. The molecule has 20 heteroatoms. The van der Waals surface area contributed by atoms with Crippen LogP contribution in [0.1, 0.15) is 11.1 Å². The van der Waals surface area contributed by atoms with Crippen LogP contribution in [0, 0.1) is 0 Å². The van der Waals surface area contributed by atoms with Gasteiger partial charge in [0.05, 0.1) is 0 Å². The van der Waals surface area contributed by atoms with Gasteiger partial charge in [-0.25, -0.2) is 0 Å². The van der Waals surface area contributed by atoms with Gasteiger partial charge in [-0.2, -0.15) is 0 Å². The smallest absolute Gasteiger partial charge is 0.354 e. The molecule has 2 rings (SSSR count). The largest absolute Gasteiger partial charge is 0.508 e. The fourth-order valence-corrected chi connectivity index (χ4v) is 9.40. The lowest BCUT2D eigenvalue weighted by Gasteiger charge is -2.36. The van der Waals surface area contributed by atoms with Gasteiger partial charge in [0.25, 0.3) is 0 Å². The van der Waals surface area contributed by atoms with E-state index >= 15 is 0 Å². The first-order chi connectivity index (χ1) is 17.2. The summed E-state index contributed by atoms with van der Waals surface area (Å²) in [6.45, 7) is -3.01. The molecule has 0 bridgehead atoms. The Balaban J connectivity index is 2.59. The molecule has 0 unspecified atom stereocenters. The molecule has 16 nitrogen and oxygen atoms in total. The van der Waals surface area contributed by atoms with E-state index in [1.807, 2.05) is 0 Å². The summed E-state index contributed by atoms with van der Waals surface area (Å²) in [4.78, 5) is 79.1. The number of hydrogen-bond donors (Lipinski definition) is 10. The minimum absolute atomic E-state index is 0.0341. The quantitative estimate of drug-likeness (QED) is 0.138. The maximum Gasteiger partial charge on any atom is 0.354 e. The molecule has 2 aromatic carbocycles. The highest BCUT2D eigenvalue weighted by Crippen LogP contribution is 2.63. The molecule has 0 aliphatic rings. The highest BCUT2D eigenvalue weighted by Gasteiger charge is 2.50. The maximum absolute atomic E-state index is 12.1. The molecule has 0 fully saturated rings.